The Kier molecular flexibility index (Phi) is 3.34. The maximum Gasteiger partial charge on any atom is 0.0612 e. The minimum atomic E-state index is -0.119. The van der Waals surface area contributed by atoms with E-state index in [1.807, 2.05) is 0 Å². The van der Waals surface area contributed by atoms with Gasteiger partial charge in [0.05, 0.1) is 12.7 Å². The van der Waals surface area contributed by atoms with E-state index in [1.54, 1.807) is 0 Å². The first-order valence-electron chi connectivity index (χ1n) is 4.46. The Morgan fingerprint density at radius 1 is 1.55 bits per heavy atom. The summed E-state index contributed by atoms with van der Waals surface area (Å²) in [6, 6.07) is 0. The average molecular weight is 158 g/mol. The molecule has 1 aliphatic heterocycles. The second-order valence-corrected chi connectivity index (χ2v) is 3.82. The van der Waals surface area contributed by atoms with Gasteiger partial charge in [0.2, 0.25) is 0 Å². The number of aliphatic hydroxyl groups excluding tert-OH is 1. The largest absolute Gasteiger partial charge is 0.393 e. The summed E-state index contributed by atoms with van der Waals surface area (Å²) in [6.45, 7) is 5.85. The van der Waals surface area contributed by atoms with E-state index in [9.17, 15) is 5.11 Å². The summed E-state index contributed by atoms with van der Waals surface area (Å²) >= 11 is 0. The topological polar surface area (TPSA) is 29.5 Å². The molecule has 0 amide bonds. The van der Waals surface area contributed by atoms with Crippen LogP contribution in [0.4, 0.5) is 0 Å². The lowest BCUT2D eigenvalue weighted by Crippen LogP contribution is -2.32. The third-order valence-electron chi connectivity index (χ3n) is 2.21. The SMILES string of the molecule is CC(C)C[C@H]1COCC[C@@H]1O. The first-order chi connectivity index (χ1) is 5.20. The van der Waals surface area contributed by atoms with Gasteiger partial charge in [-0.15, -0.1) is 0 Å². The van der Waals surface area contributed by atoms with Crippen molar-refractivity contribution in [2.75, 3.05) is 13.2 Å². The van der Waals surface area contributed by atoms with Gasteiger partial charge in [-0.1, -0.05) is 13.8 Å². The first kappa shape index (κ1) is 9.01. The molecule has 2 nitrogen and oxygen atoms in total. The van der Waals surface area contributed by atoms with Crippen LogP contribution < -0.4 is 0 Å². The number of aliphatic hydroxyl groups is 1. The Labute approximate surface area is 68.6 Å². The minimum absolute atomic E-state index is 0.119. The van der Waals surface area contributed by atoms with E-state index in [-0.39, 0.29) is 6.10 Å². The molecule has 1 heterocycles. The minimum Gasteiger partial charge on any atom is -0.393 e. The van der Waals surface area contributed by atoms with E-state index in [0.717, 1.165) is 26.1 Å². The van der Waals surface area contributed by atoms with Crippen LogP contribution in [-0.4, -0.2) is 24.4 Å². The molecule has 66 valence electrons. The third-order valence-corrected chi connectivity index (χ3v) is 2.21. The molecule has 0 aromatic carbocycles. The second-order valence-electron chi connectivity index (χ2n) is 3.82. The van der Waals surface area contributed by atoms with E-state index in [2.05, 4.69) is 13.8 Å². The van der Waals surface area contributed by atoms with Gasteiger partial charge in [-0.3, -0.25) is 0 Å². The zero-order chi connectivity index (χ0) is 8.27. The quantitative estimate of drug-likeness (QED) is 0.658. The van der Waals surface area contributed by atoms with Gasteiger partial charge in [-0.05, 0) is 18.8 Å². The molecule has 1 rings (SSSR count). The fraction of sp³-hybridized carbons (Fsp3) is 1.00. The molecule has 0 aromatic heterocycles. The predicted molar refractivity (Wildman–Crippen MR) is 44.4 cm³/mol. The molecule has 1 fully saturated rings. The Morgan fingerprint density at radius 3 is 2.82 bits per heavy atom. The van der Waals surface area contributed by atoms with Gasteiger partial charge in [-0.2, -0.15) is 0 Å². The Balaban J connectivity index is 2.29. The highest BCUT2D eigenvalue weighted by atomic mass is 16.5. The maximum absolute atomic E-state index is 9.54. The van der Waals surface area contributed by atoms with Gasteiger partial charge in [0.25, 0.3) is 0 Å². The van der Waals surface area contributed by atoms with Gasteiger partial charge in [-0.25, -0.2) is 0 Å². The predicted octanol–water partition coefficient (Wildman–Crippen LogP) is 1.43. The molecule has 2 heteroatoms. The fourth-order valence-corrected chi connectivity index (χ4v) is 1.62. The standard InChI is InChI=1S/C9H18O2/c1-7(2)5-8-6-11-4-3-9(8)10/h7-10H,3-6H2,1-2H3/t8-,9-/m0/s1. The van der Waals surface area contributed by atoms with Crippen LogP contribution in [0.15, 0.2) is 0 Å². The van der Waals surface area contributed by atoms with E-state index in [0.29, 0.717) is 11.8 Å². The molecule has 1 N–H and O–H groups in total. The number of hydrogen-bond donors (Lipinski definition) is 1. The fourth-order valence-electron chi connectivity index (χ4n) is 1.62. The molecule has 0 aromatic rings. The highest BCUT2D eigenvalue weighted by molar-refractivity contribution is 4.73. The van der Waals surface area contributed by atoms with Crippen LogP contribution in [0.5, 0.6) is 0 Å². The smallest absolute Gasteiger partial charge is 0.0612 e. The molecular weight excluding hydrogens is 140 g/mol. The van der Waals surface area contributed by atoms with Crippen LogP contribution in [0.2, 0.25) is 0 Å². The van der Waals surface area contributed by atoms with Crippen molar-refractivity contribution in [1.82, 2.24) is 0 Å². The maximum atomic E-state index is 9.54. The zero-order valence-electron chi connectivity index (χ0n) is 7.42. The number of ether oxygens (including phenoxy) is 1. The lowest BCUT2D eigenvalue weighted by Gasteiger charge is -2.28. The van der Waals surface area contributed by atoms with Gasteiger partial charge in [0.1, 0.15) is 0 Å². The lowest BCUT2D eigenvalue weighted by atomic mass is 9.90. The third kappa shape index (κ3) is 2.80. The normalized spacial score (nSPS) is 32.7. The van der Waals surface area contributed by atoms with Crippen molar-refractivity contribution in [1.29, 1.82) is 0 Å². The zero-order valence-corrected chi connectivity index (χ0v) is 7.42. The molecule has 0 bridgehead atoms. The Morgan fingerprint density at radius 2 is 2.27 bits per heavy atom. The van der Waals surface area contributed by atoms with Gasteiger partial charge >= 0.3 is 0 Å². The summed E-state index contributed by atoms with van der Waals surface area (Å²) in [7, 11) is 0. The summed E-state index contributed by atoms with van der Waals surface area (Å²) < 4.78 is 5.29. The summed E-state index contributed by atoms with van der Waals surface area (Å²) in [5.41, 5.74) is 0. The van der Waals surface area contributed by atoms with E-state index < -0.39 is 0 Å². The van der Waals surface area contributed by atoms with Gasteiger partial charge < -0.3 is 9.84 Å². The highest BCUT2D eigenvalue weighted by Crippen LogP contribution is 2.21. The van der Waals surface area contributed by atoms with E-state index >= 15 is 0 Å². The molecule has 1 aliphatic rings. The monoisotopic (exact) mass is 158 g/mol. The molecule has 1 saturated heterocycles. The van der Waals surface area contributed by atoms with Gasteiger partial charge in [0.15, 0.2) is 0 Å². The highest BCUT2D eigenvalue weighted by Gasteiger charge is 2.23. The average Bonchev–Trinajstić information content (AvgIpc) is 1.93. The Bertz CT molecular complexity index is 112. The summed E-state index contributed by atoms with van der Waals surface area (Å²) in [5.74, 6) is 1.04. The van der Waals surface area contributed by atoms with Crippen molar-refractivity contribution in [3.05, 3.63) is 0 Å². The number of hydrogen-bond acceptors (Lipinski definition) is 2. The van der Waals surface area contributed by atoms with Crippen molar-refractivity contribution in [3.8, 4) is 0 Å². The van der Waals surface area contributed by atoms with Crippen molar-refractivity contribution in [2.24, 2.45) is 11.8 Å². The van der Waals surface area contributed by atoms with E-state index in [1.165, 1.54) is 0 Å². The van der Waals surface area contributed by atoms with Crippen molar-refractivity contribution < 1.29 is 9.84 Å². The van der Waals surface area contributed by atoms with Crippen molar-refractivity contribution in [3.63, 3.8) is 0 Å². The van der Waals surface area contributed by atoms with Crippen LogP contribution in [0.1, 0.15) is 26.7 Å². The van der Waals surface area contributed by atoms with Crippen LogP contribution in [-0.2, 0) is 4.74 Å². The van der Waals surface area contributed by atoms with Crippen molar-refractivity contribution in [2.45, 2.75) is 32.8 Å². The molecule has 0 saturated carbocycles. The summed E-state index contributed by atoms with van der Waals surface area (Å²) in [4.78, 5) is 0. The van der Waals surface area contributed by atoms with Crippen LogP contribution in [0.25, 0.3) is 0 Å². The summed E-state index contributed by atoms with van der Waals surface area (Å²) in [5, 5.41) is 9.54. The van der Waals surface area contributed by atoms with E-state index in [4.69, 9.17) is 4.74 Å². The van der Waals surface area contributed by atoms with Crippen molar-refractivity contribution >= 4 is 0 Å². The molecular formula is C9H18O2. The van der Waals surface area contributed by atoms with Gasteiger partial charge in [0, 0.05) is 12.5 Å². The number of rotatable bonds is 2. The lowest BCUT2D eigenvalue weighted by molar-refractivity contribution is -0.0421. The second kappa shape index (κ2) is 4.07. The van der Waals surface area contributed by atoms with Crippen LogP contribution in [0.3, 0.4) is 0 Å². The Hall–Kier alpha value is -0.0800. The molecule has 11 heavy (non-hydrogen) atoms. The molecule has 0 radical (unpaired) electrons. The van der Waals surface area contributed by atoms with Crippen LogP contribution in [0, 0.1) is 11.8 Å². The first-order valence-corrected chi connectivity index (χ1v) is 4.46. The molecule has 0 aliphatic carbocycles. The summed E-state index contributed by atoms with van der Waals surface area (Å²) in [6.07, 6.45) is 1.78. The molecule has 0 unspecified atom stereocenters. The molecule has 2 atom stereocenters. The molecule has 0 spiro atoms. The van der Waals surface area contributed by atoms with Crippen LogP contribution >= 0.6 is 0 Å².